The van der Waals surface area contributed by atoms with Crippen LogP contribution in [-0.2, 0) is 21.9 Å². The Morgan fingerprint density at radius 3 is 2.23 bits per heavy atom. The molecule has 0 fully saturated rings. The van der Waals surface area contributed by atoms with Crippen LogP contribution in [0, 0.1) is 13.8 Å². The number of benzene rings is 2. The fourth-order valence-corrected chi connectivity index (χ4v) is 4.48. The second-order valence-electron chi connectivity index (χ2n) is 7.68. The Hall–Kier alpha value is -2.47. The summed E-state index contributed by atoms with van der Waals surface area (Å²) in [5.74, 6) is 1.73. The van der Waals surface area contributed by atoms with E-state index in [4.69, 9.17) is 4.74 Å². The van der Waals surface area contributed by atoms with Crippen molar-refractivity contribution in [2.75, 3.05) is 19.4 Å². The largest absolute Gasteiger partial charge is 0.497 e. The van der Waals surface area contributed by atoms with Crippen LogP contribution in [0.25, 0.3) is 0 Å². The fourth-order valence-electron chi connectivity index (χ4n) is 3.63. The van der Waals surface area contributed by atoms with Gasteiger partial charge in [0.05, 0.1) is 12.9 Å². The topological polar surface area (TPSA) is 58.6 Å². The van der Waals surface area contributed by atoms with E-state index in [1.54, 1.807) is 23.8 Å². The van der Waals surface area contributed by atoms with Crippen molar-refractivity contribution in [1.82, 2.24) is 10.2 Å². The molecule has 31 heavy (non-hydrogen) atoms. The van der Waals surface area contributed by atoms with Gasteiger partial charge in [0.15, 0.2) is 0 Å². The molecule has 1 unspecified atom stereocenters. The van der Waals surface area contributed by atoms with E-state index < -0.39 is 6.04 Å². The summed E-state index contributed by atoms with van der Waals surface area (Å²) >= 11 is 1.59. The molecule has 0 heterocycles. The number of thioether (sulfide) groups is 1. The first-order chi connectivity index (χ1) is 14.9. The summed E-state index contributed by atoms with van der Waals surface area (Å²) < 4.78 is 5.22. The van der Waals surface area contributed by atoms with Crippen molar-refractivity contribution in [3.63, 3.8) is 0 Å². The van der Waals surface area contributed by atoms with E-state index in [2.05, 4.69) is 37.4 Å². The zero-order chi connectivity index (χ0) is 22.8. The smallest absolute Gasteiger partial charge is 0.242 e. The molecule has 0 spiro atoms. The Bertz CT molecular complexity index is 847. The highest BCUT2D eigenvalue weighted by Gasteiger charge is 2.28. The number of aryl methyl sites for hydroxylation is 2. The number of methoxy groups -OCH3 is 1. The zero-order valence-electron chi connectivity index (χ0n) is 19.2. The molecule has 0 aliphatic heterocycles. The Morgan fingerprint density at radius 2 is 1.68 bits per heavy atom. The number of hydrogen-bond donors (Lipinski definition) is 1. The van der Waals surface area contributed by atoms with Crippen molar-refractivity contribution in [2.24, 2.45) is 0 Å². The van der Waals surface area contributed by atoms with Gasteiger partial charge >= 0.3 is 0 Å². The van der Waals surface area contributed by atoms with Gasteiger partial charge in [-0.05, 0) is 50.5 Å². The van der Waals surface area contributed by atoms with Gasteiger partial charge in [-0.1, -0.05) is 48.4 Å². The standard InChI is InChI=1S/C25H34N2O3S/c1-6-23(25(29)26-7-2)27(15-20-8-10-22(30-5)11-9-20)24(28)17-31-16-21-13-18(3)12-19(4)14-21/h8-14,23H,6-7,15-17H2,1-5H3,(H,26,29). The second-order valence-corrected chi connectivity index (χ2v) is 8.66. The summed E-state index contributed by atoms with van der Waals surface area (Å²) in [7, 11) is 1.62. The highest BCUT2D eigenvalue weighted by atomic mass is 32.2. The van der Waals surface area contributed by atoms with Gasteiger partial charge in [-0.3, -0.25) is 9.59 Å². The summed E-state index contributed by atoms with van der Waals surface area (Å²) in [4.78, 5) is 27.6. The van der Waals surface area contributed by atoms with Crippen molar-refractivity contribution < 1.29 is 14.3 Å². The Labute approximate surface area is 190 Å². The van der Waals surface area contributed by atoms with Crippen LogP contribution in [0.1, 0.15) is 42.5 Å². The number of nitrogens with one attached hydrogen (secondary N) is 1. The van der Waals surface area contributed by atoms with Crippen molar-refractivity contribution in [2.45, 2.75) is 52.5 Å². The Kier molecular flexibility index (Phi) is 9.92. The molecule has 0 aliphatic rings. The second kappa shape index (κ2) is 12.4. The monoisotopic (exact) mass is 442 g/mol. The Morgan fingerprint density at radius 1 is 1.03 bits per heavy atom. The first-order valence-electron chi connectivity index (χ1n) is 10.7. The Balaban J connectivity index is 2.12. The molecule has 2 aromatic carbocycles. The molecular formula is C25H34N2O3S. The maximum absolute atomic E-state index is 13.2. The van der Waals surface area contributed by atoms with E-state index in [0.717, 1.165) is 17.1 Å². The third-order valence-electron chi connectivity index (χ3n) is 5.02. The molecule has 0 aromatic heterocycles. The van der Waals surface area contributed by atoms with E-state index in [0.29, 0.717) is 25.3 Å². The van der Waals surface area contributed by atoms with Gasteiger partial charge in [0.25, 0.3) is 0 Å². The van der Waals surface area contributed by atoms with Crippen LogP contribution >= 0.6 is 11.8 Å². The summed E-state index contributed by atoms with van der Waals surface area (Å²) in [5, 5.41) is 2.87. The predicted octanol–water partition coefficient (Wildman–Crippen LogP) is 4.49. The van der Waals surface area contributed by atoms with Gasteiger partial charge in [-0.15, -0.1) is 11.8 Å². The average molecular weight is 443 g/mol. The molecule has 2 amide bonds. The number of hydrogen-bond acceptors (Lipinski definition) is 4. The van der Waals surface area contributed by atoms with Gasteiger partial charge in [0, 0.05) is 18.8 Å². The minimum Gasteiger partial charge on any atom is -0.497 e. The SMILES string of the molecule is CCNC(=O)C(CC)N(Cc1ccc(OC)cc1)C(=O)CSCc1cc(C)cc(C)c1. The lowest BCUT2D eigenvalue weighted by atomic mass is 10.1. The van der Waals surface area contributed by atoms with Crippen molar-refractivity contribution in [3.05, 3.63) is 64.7 Å². The van der Waals surface area contributed by atoms with Crippen LogP contribution in [0.3, 0.4) is 0 Å². The number of amides is 2. The van der Waals surface area contributed by atoms with Crippen LogP contribution in [-0.4, -0.2) is 42.2 Å². The average Bonchev–Trinajstić information content (AvgIpc) is 2.73. The van der Waals surface area contributed by atoms with Crippen molar-refractivity contribution in [3.8, 4) is 5.75 Å². The number of ether oxygens (including phenoxy) is 1. The van der Waals surface area contributed by atoms with Gasteiger partial charge in [0.2, 0.25) is 11.8 Å². The van der Waals surface area contributed by atoms with Gasteiger partial charge in [-0.2, -0.15) is 0 Å². The normalized spacial score (nSPS) is 11.6. The molecule has 0 saturated heterocycles. The molecular weight excluding hydrogens is 408 g/mol. The molecule has 2 rings (SSSR count). The third kappa shape index (κ3) is 7.62. The number of likely N-dealkylation sites (N-methyl/N-ethyl adjacent to an activating group) is 1. The fraction of sp³-hybridized carbons (Fsp3) is 0.440. The molecule has 1 N–H and O–H groups in total. The van der Waals surface area contributed by atoms with E-state index in [1.807, 2.05) is 38.1 Å². The van der Waals surface area contributed by atoms with E-state index in [9.17, 15) is 9.59 Å². The maximum atomic E-state index is 13.2. The number of rotatable bonds is 11. The van der Waals surface area contributed by atoms with E-state index in [1.165, 1.54) is 16.7 Å². The van der Waals surface area contributed by atoms with Crippen LogP contribution in [0.5, 0.6) is 5.75 Å². The van der Waals surface area contributed by atoms with Gasteiger partial charge in [0.1, 0.15) is 11.8 Å². The lowest BCUT2D eigenvalue weighted by Gasteiger charge is -2.30. The highest BCUT2D eigenvalue weighted by Crippen LogP contribution is 2.20. The highest BCUT2D eigenvalue weighted by molar-refractivity contribution is 7.99. The van der Waals surface area contributed by atoms with Crippen molar-refractivity contribution in [1.29, 1.82) is 0 Å². The number of carbonyl (C=O) groups excluding carboxylic acids is 2. The quantitative estimate of drug-likeness (QED) is 0.557. The van der Waals surface area contributed by atoms with Crippen LogP contribution in [0.15, 0.2) is 42.5 Å². The molecule has 5 nitrogen and oxygen atoms in total. The summed E-state index contributed by atoms with van der Waals surface area (Å²) in [6, 6.07) is 13.6. The van der Waals surface area contributed by atoms with Crippen LogP contribution in [0.4, 0.5) is 0 Å². The zero-order valence-corrected chi connectivity index (χ0v) is 20.1. The molecule has 2 aromatic rings. The first kappa shape index (κ1) is 24.8. The summed E-state index contributed by atoms with van der Waals surface area (Å²) in [5.41, 5.74) is 4.64. The first-order valence-corrected chi connectivity index (χ1v) is 11.9. The predicted molar refractivity (Wildman–Crippen MR) is 128 cm³/mol. The molecule has 6 heteroatoms. The van der Waals surface area contributed by atoms with Crippen LogP contribution in [0.2, 0.25) is 0 Å². The van der Waals surface area contributed by atoms with Crippen molar-refractivity contribution >= 4 is 23.6 Å². The lowest BCUT2D eigenvalue weighted by Crippen LogP contribution is -2.49. The number of nitrogens with zero attached hydrogens (tertiary/aromatic N) is 1. The molecule has 168 valence electrons. The molecule has 0 bridgehead atoms. The van der Waals surface area contributed by atoms with Crippen LogP contribution < -0.4 is 10.1 Å². The lowest BCUT2D eigenvalue weighted by molar-refractivity contribution is -0.139. The van der Waals surface area contributed by atoms with E-state index in [-0.39, 0.29) is 11.8 Å². The number of carbonyl (C=O) groups is 2. The third-order valence-corrected chi connectivity index (χ3v) is 6.01. The summed E-state index contributed by atoms with van der Waals surface area (Å²) in [6.45, 7) is 8.93. The minimum atomic E-state index is -0.489. The molecule has 1 atom stereocenters. The molecule has 0 radical (unpaired) electrons. The van der Waals surface area contributed by atoms with E-state index >= 15 is 0 Å². The molecule has 0 saturated carbocycles. The maximum Gasteiger partial charge on any atom is 0.242 e. The summed E-state index contributed by atoms with van der Waals surface area (Å²) in [6.07, 6.45) is 0.565. The molecule has 0 aliphatic carbocycles. The van der Waals surface area contributed by atoms with Gasteiger partial charge in [-0.25, -0.2) is 0 Å². The van der Waals surface area contributed by atoms with Gasteiger partial charge < -0.3 is 15.0 Å². The minimum absolute atomic E-state index is 0.0247.